The highest BCUT2D eigenvalue weighted by atomic mass is 19.1. The topological polar surface area (TPSA) is 148 Å². The van der Waals surface area contributed by atoms with E-state index in [0.717, 1.165) is 41.6 Å². The van der Waals surface area contributed by atoms with Crippen LogP contribution in [0.1, 0.15) is 76.8 Å². The van der Waals surface area contributed by atoms with Gasteiger partial charge in [-0.1, -0.05) is 11.3 Å². The number of carbonyl (C=O) groups is 1. The number of imidazole rings is 1. The first-order valence-corrected chi connectivity index (χ1v) is 16.7. The van der Waals surface area contributed by atoms with Crippen molar-refractivity contribution >= 4 is 28.3 Å². The molecule has 14 nitrogen and oxygen atoms in total. The van der Waals surface area contributed by atoms with Gasteiger partial charge in [-0.2, -0.15) is 5.10 Å². The number of non-ortho nitro benzene ring substituents is 1. The lowest BCUT2D eigenvalue weighted by molar-refractivity contribution is -0.384. The van der Waals surface area contributed by atoms with Crippen molar-refractivity contribution in [3.05, 3.63) is 70.4 Å². The van der Waals surface area contributed by atoms with E-state index in [-0.39, 0.29) is 17.3 Å². The van der Waals surface area contributed by atoms with E-state index in [4.69, 9.17) is 14.5 Å². The van der Waals surface area contributed by atoms with E-state index in [1.807, 2.05) is 49.7 Å². The molecule has 15 heteroatoms. The number of ether oxygens (including phenoxy) is 2. The van der Waals surface area contributed by atoms with E-state index in [0.29, 0.717) is 62.3 Å². The van der Waals surface area contributed by atoms with Crippen molar-refractivity contribution < 1.29 is 23.6 Å². The fourth-order valence-corrected chi connectivity index (χ4v) is 7.68. The molecule has 4 fully saturated rings. The van der Waals surface area contributed by atoms with Crippen LogP contribution in [0.4, 0.5) is 14.9 Å². The fraction of sp³-hybridized carbons (Fsp3) is 0.500. The van der Waals surface area contributed by atoms with Crippen LogP contribution in [-0.2, 0) is 22.6 Å². The van der Waals surface area contributed by atoms with Crippen LogP contribution in [0.3, 0.4) is 0 Å². The molecule has 49 heavy (non-hydrogen) atoms. The molecule has 1 saturated heterocycles. The minimum absolute atomic E-state index is 0.0634. The van der Waals surface area contributed by atoms with Crippen LogP contribution in [0.2, 0.25) is 0 Å². The second-order valence-corrected chi connectivity index (χ2v) is 14.9. The third-order valence-electron chi connectivity index (χ3n) is 9.67. The number of nitro benzene ring substituents is 1. The number of carbonyl (C=O) groups excluding carboxylic acids is 1. The maximum Gasteiger partial charge on any atom is 0.410 e. The van der Waals surface area contributed by atoms with Gasteiger partial charge in [0.2, 0.25) is 0 Å². The lowest BCUT2D eigenvalue weighted by Gasteiger charge is -2.66. The number of fused-ring (bicyclic) bond motifs is 2. The van der Waals surface area contributed by atoms with Gasteiger partial charge in [0, 0.05) is 48.6 Å². The Morgan fingerprint density at radius 3 is 2.71 bits per heavy atom. The summed E-state index contributed by atoms with van der Waals surface area (Å²) in [6, 6.07) is 6.85. The Balaban J connectivity index is 1.02. The molecule has 3 aliphatic carbocycles. The van der Waals surface area contributed by atoms with Crippen molar-refractivity contribution in [1.29, 1.82) is 0 Å². The van der Waals surface area contributed by atoms with E-state index >= 15 is 0 Å². The van der Waals surface area contributed by atoms with E-state index < -0.39 is 22.3 Å². The Morgan fingerprint density at radius 2 is 2.00 bits per heavy atom. The molecule has 1 aromatic carbocycles. The van der Waals surface area contributed by atoms with Gasteiger partial charge in [-0.05, 0) is 76.3 Å². The van der Waals surface area contributed by atoms with E-state index in [1.54, 1.807) is 26.7 Å². The molecule has 5 heterocycles. The monoisotopic (exact) mass is 671 g/mol. The Hall–Kier alpha value is -4.92. The number of benzene rings is 1. The third kappa shape index (κ3) is 6.00. The Morgan fingerprint density at radius 1 is 1.18 bits per heavy atom. The lowest BCUT2D eigenvalue weighted by Crippen LogP contribution is -2.68. The zero-order valence-corrected chi connectivity index (χ0v) is 27.7. The van der Waals surface area contributed by atoms with Gasteiger partial charge in [0.1, 0.15) is 22.6 Å². The van der Waals surface area contributed by atoms with Gasteiger partial charge < -0.3 is 18.8 Å². The standard InChI is InChI=1S/C34H38FN9O5/c1-32(2,3)49-31(45)41(21-33-18-34(35,19-33)20-33)14-22-7-8-29-37-23(15-40(29)13-22)16-42-17-27(38-39-42)25-10-24(44(46)47)11-28-26(25)12-36-43(28)30-6-4-5-9-48-30/h7-8,10-13,15,17,30H,4-6,9,14,16,18-21H2,1-3H3. The Bertz CT molecular complexity index is 2070. The highest BCUT2D eigenvalue weighted by molar-refractivity contribution is 5.95. The zero-order valence-electron chi connectivity index (χ0n) is 27.7. The largest absolute Gasteiger partial charge is 0.444 e. The molecular weight excluding hydrogens is 633 g/mol. The van der Waals surface area contributed by atoms with Gasteiger partial charge in [-0.3, -0.25) is 10.1 Å². The van der Waals surface area contributed by atoms with Gasteiger partial charge in [-0.25, -0.2) is 23.5 Å². The first-order valence-electron chi connectivity index (χ1n) is 16.7. The van der Waals surface area contributed by atoms with Crippen LogP contribution in [0.5, 0.6) is 0 Å². The summed E-state index contributed by atoms with van der Waals surface area (Å²) in [5.74, 6) is 0. The van der Waals surface area contributed by atoms with Gasteiger partial charge in [0.25, 0.3) is 5.69 Å². The summed E-state index contributed by atoms with van der Waals surface area (Å²) in [5, 5.41) is 25.8. The molecule has 2 bridgehead atoms. The predicted molar refractivity (Wildman–Crippen MR) is 175 cm³/mol. The molecule has 4 aliphatic rings. The number of hydrogen-bond donors (Lipinski definition) is 0. The number of aromatic nitrogens is 7. The van der Waals surface area contributed by atoms with Crippen molar-refractivity contribution in [3.63, 3.8) is 0 Å². The van der Waals surface area contributed by atoms with Crippen LogP contribution in [-0.4, -0.2) is 74.5 Å². The third-order valence-corrected chi connectivity index (χ3v) is 9.67. The maximum absolute atomic E-state index is 14.3. The summed E-state index contributed by atoms with van der Waals surface area (Å²) in [6.07, 6.45) is 10.8. The van der Waals surface area contributed by atoms with Crippen LogP contribution in [0.25, 0.3) is 27.8 Å². The van der Waals surface area contributed by atoms with Gasteiger partial charge >= 0.3 is 6.09 Å². The summed E-state index contributed by atoms with van der Waals surface area (Å²) < 4.78 is 31.2. The number of amides is 1. The van der Waals surface area contributed by atoms with Gasteiger partial charge in [0.15, 0.2) is 6.23 Å². The molecule has 5 aromatic rings. The molecule has 4 aromatic heterocycles. The Kier molecular flexibility index (Phi) is 7.25. The molecule has 1 unspecified atom stereocenters. The van der Waals surface area contributed by atoms with Crippen molar-refractivity contribution in [3.8, 4) is 11.3 Å². The average molecular weight is 672 g/mol. The fourth-order valence-electron chi connectivity index (χ4n) is 7.68. The predicted octanol–water partition coefficient (Wildman–Crippen LogP) is 6.23. The molecule has 1 amide bonds. The molecule has 0 radical (unpaired) electrons. The van der Waals surface area contributed by atoms with Crippen LogP contribution in [0, 0.1) is 15.5 Å². The minimum atomic E-state index is -1.05. The van der Waals surface area contributed by atoms with Crippen molar-refractivity contribution in [2.75, 3.05) is 13.2 Å². The van der Waals surface area contributed by atoms with Gasteiger partial charge in [0.05, 0.1) is 41.6 Å². The van der Waals surface area contributed by atoms with Crippen molar-refractivity contribution in [2.45, 2.75) is 89.9 Å². The highest BCUT2D eigenvalue weighted by Gasteiger charge is 2.69. The molecule has 0 spiro atoms. The quantitative estimate of drug-likeness (QED) is 0.131. The van der Waals surface area contributed by atoms with Crippen molar-refractivity contribution in [2.24, 2.45) is 5.41 Å². The van der Waals surface area contributed by atoms with E-state index in [9.17, 15) is 19.3 Å². The normalized spacial score (nSPS) is 23.3. The van der Waals surface area contributed by atoms with Gasteiger partial charge in [-0.15, -0.1) is 5.10 Å². The lowest BCUT2D eigenvalue weighted by atomic mass is 9.42. The van der Waals surface area contributed by atoms with Crippen LogP contribution < -0.4 is 0 Å². The molecule has 256 valence electrons. The van der Waals surface area contributed by atoms with E-state index in [1.165, 1.54) is 12.1 Å². The smallest absolute Gasteiger partial charge is 0.410 e. The highest BCUT2D eigenvalue weighted by Crippen LogP contribution is 2.69. The summed E-state index contributed by atoms with van der Waals surface area (Å²) in [4.78, 5) is 31.1. The number of nitrogens with zero attached hydrogens (tertiary/aromatic N) is 9. The van der Waals surface area contributed by atoms with Crippen LogP contribution >= 0.6 is 0 Å². The molecule has 9 rings (SSSR count). The number of hydrogen-bond acceptors (Lipinski definition) is 9. The first kappa shape index (κ1) is 31.4. The van der Waals surface area contributed by atoms with Crippen molar-refractivity contribution in [1.82, 2.24) is 39.1 Å². The minimum Gasteiger partial charge on any atom is -0.444 e. The second kappa shape index (κ2) is 11.3. The molecular formula is C34H38FN9O5. The summed E-state index contributed by atoms with van der Waals surface area (Å²) in [5.41, 5.74) is 2.08. The molecule has 1 atom stereocenters. The maximum atomic E-state index is 14.3. The molecule has 1 aliphatic heterocycles. The summed E-state index contributed by atoms with van der Waals surface area (Å²) >= 11 is 0. The number of alkyl halides is 1. The number of nitro groups is 1. The SMILES string of the molecule is CC(C)(C)OC(=O)N(Cc1ccc2nc(Cn3cc(-c4cc([N+](=O)[O-])cc5c4cnn5C4CCCCO4)nn3)cn2c1)CC12CC(F)(C1)C2. The number of halogens is 1. The number of rotatable bonds is 9. The summed E-state index contributed by atoms with van der Waals surface area (Å²) in [6.45, 7) is 7.24. The molecule has 3 saturated carbocycles. The number of pyridine rings is 1. The molecule has 0 N–H and O–H groups in total. The Labute approximate surface area is 280 Å². The first-order chi connectivity index (χ1) is 23.3. The van der Waals surface area contributed by atoms with Crippen LogP contribution in [0.15, 0.2) is 49.1 Å². The second-order valence-electron chi connectivity index (χ2n) is 14.9. The summed E-state index contributed by atoms with van der Waals surface area (Å²) in [7, 11) is 0. The van der Waals surface area contributed by atoms with E-state index in [2.05, 4.69) is 15.4 Å². The average Bonchev–Trinajstić information content (AvgIpc) is 3.76. The zero-order chi connectivity index (χ0) is 34.1.